The molecule has 0 saturated carbocycles. The van der Waals surface area contributed by atoms with E-state index in [0.29, 0.717) is 11.3 Å². The summed E-state index contributed by atoms with van der Waals surface area (Å²) in [4.78, 5) is 25.1. The maximum absolute atomic E-state index is 11.9. The van der Waals surface area contributed by atoms with Crippen molar-refractivity contribution in [1.29, 1.82) is 0 Å². The Balaban J connectivity index is 2.13. The molecule has 0 aliphatic carbocycles. The Bertz CT molecular complexity index is 623. The molecule has 0 fully saturated rings. The van der Waals surface area contributed by atoms with E-state index in [1.165, 1.54) is 7.11 Å². The van der Waals surface area contributed by atoms with Crippen molar-refractivity contribution in [2.24, 2.45) is 0 Å². The first-order chi connectivity index (χ1) is 9.10. The molecule has 2 rings (SSSR count). The Morgan fingerprint density at radius 3 is 2.95 bits per heavy atom. The standard InChI is InChI=1S/C11H10N4O4/c1-19-9-4-2-3-8(5-9)10(16)6-14-7-12-11(13-14)15(17)18/h2-5,7H,6H2,1H3. The zero-order chi connectivity index (χ0) is 13.8. The second-order valence-electron chi connectivity index (χ2n) is 3.65. The highest BCUT2D eigenvalue weighted by Crippen LogP contribution is 2.13. The van der Waals surface area contributed by atoms with Gasteiger partial charge < -0.3 is 14.9 Å². The van der Waals surface area contributed by atoms with Crippen LogP contribution in [0.15, 0.2) is 30.6 Å². The summed E-state index contributed by atoms with van der Waals surface area (Å²) in [6.45, 7) is -0.117. The van der Waals surface area contributed by atoms with Crippen LogP contribution < -0.4 is 4.74 Å². The molecular weight excluding hydrogens is 252 g/mol. The monoisotopic (exact) mass is 262 g/mol. The Labute approximate surface area is 107 Å². The number of Topliss-reactive ketones (excluding diaryl/α,β-unsaturated/α-hetero) is 1. The number of hydrogen-bond acceptors (Lipinski definition) is 6. The third-order valence-electron chi connectivity index (χ3n) is 2.39. The predicted octanol–water partition coefficient (Wildman–Crippen LogP) is 1.08. The molecule has 0 aliphatic heterocycles. The lowest BCUT2D eigenvalue weighted by molar-refractivity contribution is -0.394. The van der Waals surface area contributed by atoms with Crippen LogP contribution >= 0.6 is 0 Å². The number of ketones is 1. The second-order valence-corrected chi connectivity index (χ2v) is 3.65. The van der Waals surface area contributed by atoms with E-state index in [4.69, 9.17) is 4.74 Å². The number of nitro groups is 1. The molecule has 1 aromatic heterocycles. The second kappa shape index (κ2) is 5.25. The molecule has 0 spiro atoms. The number of rotatable bonds is 5. The lowest BCUT2D eigenvalue weighted by Crippen LogP contribution is -2.11. The van der Waals surface area contributed by atoms with Crippen molar-refractivity contribution in [1.82, 2.24) is 14.8 Å². The van der Waals surface area contributed by atoms with Crippen LogP contribution in [0, 0.1) is 10.1 Å². The Hall–Kier alpha value is -2.77. The molecule has 1 heterocycles. The molecular formula is C11H10N4O4. The number of aromatic nitrogens is 3. The summed E-state index contributed by atoms with van der Waals surface area (Å²) < 4.78 is 6.14. The molecule has 0 saturated heterocycles. The lowest BCUT2D eigenvalue weighted by Gasteiger charge is -2.02. The average molecular weight is 262 g/mol. The van der Waals surface area contributed by atoms with Gasteiger partial charge in [-0.1, -0.05) is 17.1 Å². The molecule has 1 aromatic carbocycles. The molecule has 0 atom stereocenters. The number of carbonyl (C=O) groups is 1. The maximum Gasteiger partial charge on any atom is 0.490 e. The van der Waals surface area contributed by atoms with Crippen molar-refractivity contribution in [3.8, 4) is 5.75 Å². The third kappa shape index (κ3) is 2.92. The highest BCUT2D eigenvalue weighted by atomic mass is 16.6. The van der Waals surface area contributed by atoms with Crippen molar-refractivity contribution in [2.45, 2.75) is 6.54 Å². The normalized spacial score (nSPS) is 10.2. The van der Waals surface area contributed by atoms with Gasteiger partial charge in [0.1, 0.15) is 12.3 Å². The molecule has 0 N–H and O–H groups in total. The van der Waals surface area contributed by atoms with Gasteiger partial charge in [-0.05, 0) is 17.1 Å². The number of benzene rings is 1. The summed E-state index contributed by atoms with van der Waals surface area (Å²) >= 11 is 0. The molecule has 0 bridgehead atoms. The SMILES string of the molecule is COc1cccc(C(=O)Cn2cnc([N+](=O)[O-])n2)c1. The zero-order valence-corrected chi connectivity index (χ0v) is 10.0. The fraction of sp³-hybridized carbons (Fsp3) is 0.182. The van der Waals surface area contributed by atoms with Gasteiger partial charge in [0.2, 0.25) is 6.33 Å². The number of methoxy groups -OCH3 is 1. The van der Waals surface area contributed by atoms with E-state index in [1.807, 2.05) is 0 Å². The van der Waals surface area contributed by atoms with Gasteiger partial charge in [0.25, 0.3) is 0 Å². The van der Waals surface area contributed by atoms with Crippen LogP contribution in [-0.2, 0) is 6.54 Å². The quantitative estimate of drug-likeness (QED) is 0.454. The zero-order valence-electron chi connectivity index (χ0n) is 10.0. The van der Waals surface area contributed by atoms with E-state index in [9.17, 15) is 14.9 Å². The van der Waals surface area contributed by atoms with Crippen molar-refractivity contribution in [3.05, 3.63) is 46.3 Å². The molecule has 98 valence electrons. The van der Waals surface area contributed by atoms with Crippen LogP contribution in [-0.4, -0.2) is 32.6 Å². The van der Waals surface area contributed by atoms with Gasteiger partial charge in [0.05, 0.1) is 7.11 Å². The number of nitrogens with zero attached hydrogens (tertiary/aromatic N) is 4. The predicted molar refractivity (Wildman–Crippen MR) is 64.0 cm³/mol. The fourth-order valence-corrected chi connectivity index (χ4v) is 1.48. The molecule has 0 radical (unpaired) electrons. The molecule has 0 unspecified atom stereocenters. The third-order valence-corrected chi connectivity index (χ3v) is 2.39. The average Bonchev–Trinajstić information content (AvgIpc) is 2.87. The van der Waals surface area contributed by atoms with Crippen LogP contribution in [0.2, 0.25) is 0 Å². The fourth-order valence-electron chi connectivity index (χ4n) is 1.48. The van der Waals surface area contributed by atoms with Crippen LogP contribution in [0.25, 0.3) is 0 Å². The maximum atomic E-state index is 11.9. The Morgan fingerprint density at radius 1 is 1.53 bits per heavy atom. The van der Waals surface area contributed by atoms with E-state index in [1.54, 1.807) is 24.3 Å². The van der Waals surface area contributed by atoms with Gasteiger partial charge in [-0.3, -0.25) is 4.79 Å². The van der Waals surface area contributed by atoms with Gasteiger partial charge in [0.15, 0.2) is 5.78 Å². The first kappa shape index (κ1) is 12.7. The number of carbonyl (C=O) groups excluding carboxylic acids is 1. The van der Waals surface area contributed by atoms with E-state index < -0.39 is 10.9 Å². The van der Waals surface area contributed by atoms with Crippen molar-refractivity contribution in [3.63, 3.8) is 0 Å². The molecule has 0 aliphatic rings. The topological polar surface area (TPSA) is 100 Å². The molecule has 19 heavy (non-hydrogen) atoms. The number of hydrogen-bond donors (Lipinski definition) is 0. The first-order valence-electron chi connectivity index (χ1n) is 5.31. The van der Waals surface area contributed by atoms with Gasteiger partial charge in [-0.25, -0.2) is 0 Å². The van der Waals surface area contributed by atoms with Gasteiger partial charge >= 0.3 is 5.95 Å². The molecule has 8 heteroatoms. The summed E-state index contributed by atoms with van der Waals surface area (Å²) in [6, 6.07) is 6.64. The van der Waals surface area contributed by atoms with E-state index in [0.717, 1.165) is 11.0 Å². The molecule has 8 nitrogen and oxygen atoms in total. The number of ether oxygens (including phenoxy) is 1. The summed E-state index contributed by atoms with van der Waals surface area (Å²) in [5.74, 6) is -0.201. The Morgan fingerprint density at radius 2 is 2.32 bits per heavy atom. The summed E-state index contributed by atoms with van der Waals surface area (Å²) in [5.41, 5.74) is 0.442. The van der Waals surface area contributed by atoms with Gasteiger partial charge in [-0.2, -0.15) is 4.68 Å². The highest BCUT2D eigenvalue weighted by Gasteiger charge is 2.16. The minimum absolute atomic E-state index is 0.117. The molecule has 2 aromatic rings. The van der Waals surface area contributed by atoms with E-state index in [-0.39, 0.29) is 12.3 Å². The Kier molecular flexibility index (Phi) is 3.51. The van der Waals surface area contributed by atoms with Crippen LogP contribution in [0.5, 0.6) is 5.75 Å². The summed E-state index contributed by atoms with van der Waals surface area (Å²) in [6.07, 6.45) is 1.15. The minimum Gasteiger partial charge on any atom is -0.497 e. The van der Waals surface area contributed by atoms with Crippen LogP contribution in [0.1, 0.15) is 10.4 Å². The summed E-state index contributed by atoms with van der Waals surface area (Å²) in [7, 11) is 1.50. The van der Waals surface area contributed by atoms with Crippen molar-refractivity contribution >= 4 is 11.7 Å². The highest BCUT2D eigenvalue weighted by molar-refractivity contribution is 5.96. The lowest BCUT2D eigenvalue weighted by atomic mass is 10.1. The largest absolute Gasteiger partial charge is 0.497 e. The van der Waals surface area contributed by atoms with Crippen LogP contribution in [0.3, 0.4) is 0 Å². The first-order valence-corrected chi connectivity index (χ1v) is 5.31. The van der Waals surface area contributed by atoms with Gasteiger partial charge in [-0.15, -0.1) is 0 Å². The smallest absolute Gasteiger partial charge is 0.490 e. The minimum atomic E-state index is -0.716. The van der Waals surface area contributed by atoms with Crippen molar-refractivity contribution in [2.75, 3.05) is 7.11 Å². The van der Waals surface area contributed by atoms with E-state index >= 15 is 0 Å². The van der Waals surface area contributed by atoms with Gasteiger partial charge in [0, 0.05) is 10.7 Å². The molecule has 0 amide bonds. The van der Waals surface area contributed by atoms with Crippen molar-refractivity contribution < 1.29 is 14.5 Å². The van der Waals surface area contributed by atoms with E-state index in [2.05, 4.69) is 10.1 Å². The summed E-state index contributed by atoms with van der Waals surface area (Å²) in [5, 5.41) is 14.0. The van der Waals surface area contributed by atoms with Crippen LogP contribution in [0.4, 0.5) is 5.95 Å².